The highest BCUT2D eigenvalue weighted by atomic mass is 35.5. The summed E-state index contributed by atoms with van der Waals surface area (Å²) >= 11 is 14.0. The Hall–Kier alpha value is -9.57. The van der Waals surface area contributed by atoms with Crippen molar-refractivity contribution in [2.75, 3.05) is 90.0 Å². The van der Waals surface area contributed by atoms with Crippen LogP contribution in [-0.2, 0) is 111 Å². The number of hydrogen-bond acceptors (Lipinski definition) is 28. The molecule has 472 valence electrons. The SMILES string of the molecule is CC(=O)OCOC(=O)CN(CC(=O)OCOC(C)=O)c1ccc(C)cc1OCCOc1cc2c(cc1N(CC(=O)OCOC(C)=O)CC(=O)OCOC(C)=O)C(=O)OC21c2cc(Cl)c(OCOC(C)=O)cc2C(C)(C)c2cc(OCOC(C)=O)c(Cl)cc21. The van der Waals surface area contributed by atoms with Crippen molar-refractivity contribution in [2.24, 2.45) is 0 Å². The molecular weight excluding hydrogens is 1210 g/mol. The van der Waals surface area contributed by atoms with Crippen molar-refractivity contribution in [3.8, 4) is 23.0 Å². The van der Waals surface area contributed by atoms with E-state index >= 15 is 0 Å². The summed E-state index contributed by atoms with van der Waals surface area (Å²) in [6.07, 6.45) is 0. The molecule has 28 nitrogen and oxygen atoms in total. The summed E-state index contributed by atoms with van der Waals surface area (Å²) in [6.45, 7) is 4.06. The van der Waals surface area contributed by atoms with Gasteiger partial charge in [-0.05, 0) is 72.1 Å². The second-order valence-corrected chi connectivity index (χ2v) is 20.3. The molecule has 6 rings (SSSR count). The van der Waals surface area contributed by atoms with Gasteiger partial charge >= 0.3 is 65.7 Å². The Morgan fingerprint density at radius 2 is 0.773 bits per heavy atom. The summed E-state index contributed by atoms with van der Waals surface area (Å²) in [5, 5.41) is -0.0754. The van der Waals surface area contributed by atoms with Gasteiger partial charge in [-0.15, -0.1) is 0 Å². The van der Waals surface area contributed by atoms with Crippen LogP contribution in [0.5, 0.6) is 23.0 Å². The van der Waals surface area contributed by atoms with Gasteiger partial charge in [0, 0.05) is 63.6 Å². The molecule has 0 unspecified atom stereocenters. The van der Waals surface area contributed by atoms with Crippen LogP contribution < -0.4 is 28.7 Å². The van der Waals surface area contributed by atoms with E-state index in [2.05, 4.69) is 0 Å². The van der Waals surface area contributed by atoms with Crippen molar-refractivity contribution in [3.05, 3.63) is 104 Å². The molecule has 0 atom stereocenters. The third-order valence-electron chi connectivity index (χ3n) is 12.8. The van der Waals surface area contributed by atoms with E-state index in [1.807, 2.05) is 13.8 Å². The van der Waals surface area contributed by atoms with E-state index in [9.17, 15) is 52.7 Å². The van der Waals surface area contributed by atoms with Crippen molar-refractivity contribution >= 4 is 100 Å². The van der Waals surface area contributed by atoms with Gasteiger partial charge in [0.1, 0.15) is 62.4 Å². The maximum atomic E-state index is 14.9. The molecule has 30 heteroatoms. The average molecular weight is 1270 g/mol. The summed E-state index contributed by atoms with van der Waals surface area (Å²) in [4.78, 5) is 140. The van der Waals surface area contributed by atoms with Crippen LogP contribution in [0.25, 0.3) is 0 Å². The van der Waals surface area contributed by atoms with E-state index in [4.69, 9.17) is 94.3 Å². The predicted molar refractivity (Wildman–Crippen MR) is 299 cm³/mol. The third kappa shape index (κ3) is 17.5. The number of aryl methyl sites for hydroxylation is 1. The van der Waals surface area contributed by atoms with E-state index in [0.29, 0.717) is 16.7 Å². The zero-order valence-electron chi connectivity index (χ0n) is 48.9. The zero-order chi connectivity index (χ0) is 64.6. The van der Waals surface area contributed by atoms with Gasteiger partial charge in [-0.1, -0.05) is 43.1 Å². The molecule has 0 saturated heterocycles. The van der Waals surface area contributed by atoms with Crippen LogP contribution in [0.1, 0.15) is 99.1 Å². The molecular formula is C58H60Cl2N2O26. The standard InChI is InChI=1S/C58H60Cl2N2O26/c1-31-10-11-46(61(21-52(69)84-27-78-34(4)65)22-53(70)85-28-79-35(5)66)50(14-31)74-12-13-75-51-18-39-38(15-47(51)62(23-54(71)86-29-80-36(6)67)24-55(72)87-30-81-37(7)68)56(73)88-58(39)42-16-44(59)48(82-25-76-32(2)63)19-40(42)57(8,9)41-20-49(45(60)17-43(41)58)83-26-77-33(3)64/h10-11,14-20H,12-13,21-30H2,1-9H3. The Labute approximate surface area is 512 Å². The van der Waals surface area contributed by atoms with Crippen molar-refractivity contribution in [3.63, 3.8) is 0 Å². The quantitative estimate of drug-likeness (QED) is 0.0279. The number of anilines is 2. The van der Waals surface area contributed by atoms with Gasteiger partial charge in [-0.3, -0.25) is 47.9 Å². The van der Waals surface area contributed by atoms with Crippen LogP contribution >= 0.6 is 23.2 Å². The number of rotatable bonds is 29. The molecule has 1 aliphatic carbocycles. The van der Waals surface area contributed by atoms with Crippen LogP contribution in [0, 0.1) is 6.92 Å². The molecule has 0 fully saturated rings. The Balaban J connectivity index is 1.53. The highest BCUT2D eigenvalue weighted by Gasteiger charge is 2.57. The van der Waals surface area contributed by atoms with Crippen molar-refractivity contribution in [1.82, 2.24) is 0 Å². The lowest BCUT2D eigenvalue weighted by Crippen LogP contribution is -2.41. The second-order valence-electron chi connectivity index (χ2n) is 19.5. The van der Waals surface area contributed by atoms with Gasteiger partial charge in [0.15, 0.2) is 5.60 Å². The normalized spacial score (nSPS) is 12.6. The third-order valence-corrected chi connectivity index (χ3v) is 13.3. The first-order valence-corrected chi connectivity index (χ1v) is 27.0. The number of benzene rings is 4. The molecule has 4 aromatic rings. The highest BCUT2D eigenvalue weighted by Crippen LogP contribution is 2.60. The Morgan fingerprint density at radius 1 is 0.420 bits per heavy atom. The first-order chi connectivity index (χ1) is 41.6. The summed E-state index contributed by atoms with van der Waals surface area (Å²) in [5.74, 6) is -9.44. The fourth-order valence-corrected chi connectivity index (χ4v) is 9.34. The molecule has 88 heavy (non-hydrogen) atoms. The Bertz CT molecular complexity index is 3230. The van der Waals surface area contributed by atoms with Gasteiger partial charge in [-0.25, -0.2) is 4.79 Å². The summed E-state index contributed by atoms with van der Waals surface area (Å²) < 4.78 is 80.7. The molecule has 2 aliphatic rings. The number of hydrogen-bond donors (Lipinski definition) is 0. The number of halogens is 2. The van der Waals surface area contributed by atoms with E-state index in [1.54, 1.807) is 31.2 Å². The minimum absolute atomic E-state index is 0.0377. The highest BCUT2D eigenvalue weighted by molar-refractivity contribution is 6.32. The smallest absolute Gasteiger partial charge is 0.340 e. The molecule has 4 aromatic carbocycles. The van der Waals surface area contributed by atoms with Gasteiger partial charge in [0.05, 0.1) is 27.0 Å². The zero-order valence-corrected chi connectivity index (χ0v) is 50.5. The van der Waals surface area contributed by atoms with Crippen LogP contribution in [-0.4, -0.2) is 146 Å². The van der Waals surface area contributed by atoms with Crippen LogP contribution in [0.15, 0.2) is 54.6 Å². The first kappa shape index (κ1) is 67.6. The molecule has 0 aromatic heterocycles. The largest absolute Gasteiger partial charge is 0.488 e. The van der Waals surface area contributed by atoms with Crippen molar-refractivity contribution in [1.29, 1.82) is 0 Å². The maximum Gasteiger partial charge on any atom is 0.340 e. The fourth-order valence-electron chi connectivity index (χ4n) is 8.90. The summed E-state index contributed by atoms with van der Waals surface area (Å²) in [6, 6.07) is 13.5. The first-order valence-electron chi connectivity index (χ1n) is 26.3. The topological polar surface area (TPSA) is 333 Å². The molecule has 0 radical (unpaired) electrons. The van der Waals surface area contributed by atoms with Crippen molar-refractivity contribution < 1.29 is 124 Å². The fraction of sp³-hybridized carbons (Fsp3) is 0.397. The monoisotopic (exact) mass is 1270 g/mol. The van der Waals surface area contributed by atoms with E-state index in [-0.39, 0.29) is 73.3 Å². The molecule has 1 spiro atoms. The number of ether oxygens (including phenoxy) is 15. The summed E-state index contributed by atoms with van der Waals surface area (Å²) in [7, 11) is 0. The number of nitrogens with zero attached hydrogens (tertiary/aromatic N) is 2. The number of fused-ring (bicyclic) bond motifs is 6. The van der Waals surface area contributed by atoms with Gasteiger partial charge < -0.3 is 80.9 Å². The van der Waals surface area contributed by atoms with E-state index in [0.717, 1.165) is 32.6 Å². The average Bonchev–Trinajstić information content (AvgIpc) is 1.39. The molecule has 1 aliphatic heterocycles. The summed E-state index contributed by atoms with van der Waals surface area (Å²) in [5.41, 5.74) is -1.26. The van der Waals surface area contributed by atoms with Crippen LogP contribution in [0.3, 0.4) is 0 Å². The lowest BCUT2D eigenvalue weighted by atomic mass is 9.61. The van der Waals surface area contributed by atoms with Crippen LogP contribution in [0.4, 0.5) is 11.4 Å². The molecule has 1 heterocycles. The van der Waals surface area contributed by atoms with Gasteiger partial charge in [-0.2, -0.15) is 0 Å². The van der Waals surface area contributed by atoms with Gasteiger partial charge in [0.2, 0.25) is 40.8 Å². The molecule has 0 N–H and O–H groups in total. The molecule has 0 saturated carbocycles. The van der Waals surface area contributed by atoms with Crippen LogP contribution in [0.2, 0.25) is 10.0 Å². The predicted octanol–water partition coefficient (Wildman–Crippen LogP) is 5.53. The Kier molecular flexibility index (Phi) is 23.2. The second kappa shape index (κ2) is 30.2. The molecule has 0 amide bonds. The lowest BCUT2D eigenvalue weighted by molar-refractivity contribution is -0.167. The number of carbonyl (C=O) groups is 11. The van der Waals surface area contributed by atoms with E-state index < -0.39 is 150 Å². The maximum absolute atomic E-state index is 14.9. The minimum atomic E-state index is -2.02. The molecule has 0 bridgehead atoms. The van der Waals surface area contributed by atoms with Crippen molar-refractivity contribution in [2.45, 2.75) is 73.3 Å². The van der Waals surface area contributed by atoms with E-state index in [1.165, 1.54) is 49.1 Å². The number of esters is 11. The number of carbonyl (C=O) groups excluding carboxylic acids is 11. The minimum Gasteiger partial charge on any atom is -0.488 e. The Morgan fingerprint density at radius 3 is 1.16 bits per heavy atom. The van der Waals surface area contributed by atoms with Gasteiger partial charge in [0.25, 0.3) is 0 Å². The lowest BCUT2D eigenvalue weighted by Gasteiger charge is -2.45.